The summed E-state index contributed by atoms with van der Waals surface area (Å²) in [5.74, 6) is 0.868. The van der Waals surface area contributed by atoms with Crippen LogP contribution >= 0.6 is 15.9 Å². The molecule has 3 nitrogen and oxygen atoms in total. The number of benzene rings is 3. The van der Waals surface area contributed by atoms with Crippen LogP contribution in [0.2, 0.25) is 0 Å². The first-order chi connectivity index (χ1) is 15.6. The van der Waals surface area contributed by atoms with E-state index >= 15 is 0 Å². The number of piperidine rings is 1. The number of aromatic amines is 1. The van der Waals surface area contributed by atoms with E-state index in [0.29, 0.717) is 11.7 Å². The number of aromatic hydroxyl groups is 1. The Morgan fingerprint density at radius 2 is 1.88 bits per heavy atom. The largest absolute Gasteiger partial charge is 0.508 e. The van der Waals surface area contributed by atoms with Gasteiger partial charge in [0.1, 0.15) is 5.75 Å². The Hall–Kier alpha value is -2.56. The smallest absolute Gasteiger partial charge is 0.115 e. The molecule has 1 fully saturated rings. The number of hydrogen-bond donors (Lipinski definition) is 2. The zero-order valence-corrected chi connectivity index (χ0v) is 19.6. The van der Waals surface area contributed by atoms with Gasteiger partial charge >= 0.3 is 0 Å². The molecule has 1 aliphatic carbocycles. The summed E-state index contributed by atoms with van der Waals surface area (Å²) < 4.78 is 1.18. The molecule has 0 spiro atoms. The summed E-state index contributed by atoms with van der Waals surface area (Å²) in [6.07, 6.45) is 3.15. The monoisotopic (exact) mass is 486 g/mol. The molecule has 2 heterocycles. The normalized spacial score (nSPS) is 23.1. The van der Waals surface area contributed by atoms with Crippen LogP contribution in [0.5, 0.6) is 5.75 Å². The van der Waals surface area contributed by atoms with E-state index in [9.17, 15) is 5.11 Å². The first kappa shape index (κ1) is 20.1. The minimum atomic E-state index is 0.0479. The molecule has 32 heavy (non-hydrogen) atoms. The lowest BCUT2D eigenvalue weighted by atomic mass is 9.58. The van der Waals surface area contributed by atoms with Crippen molar-refractivity contribution >= 4 is 26.8 Å². The minimum absolute atomic E-state index is 0.0479. The van der Waals surface area contributed by atoms with Crippen molar-refractivity contribution < 1.29 is 5.11 Å². The maximum atomic E-state index is 10.3. The van der Waals surface area contributed by atoms with E-state index in [1.165, 1.54) is 37.8 Å². The number of hydrogen-bond acceptors (Lipinski definition) is 2. The van der Waals surface area contributed by atoms with Crippen molar-refractivity contribution in [1.82, 2.24) is 9.88 Å². The summed E-state index contributed by atoms with van der Waals surface area (Å²) in [6, 6.07) is 25.3. The van der Waals surface area contributed by atoms with E-state index in [0.717, 1.165) is 38.9 Å². The van der Waals surface area contributed by atoms with Gasteiger partial charge in [-0.2, -0.15) is 0 Å². The van der Waals surface area contributed by atoms with Crippen LogP contribution in [0, 0.1) is 5.92 Å². The molecule has 0 bridgehead atoms. The summed E-state index contributed by atoms with van der Waals surface area (Å²) in [7, 11) is 0. The number of rotatable bonds is 3. The van der Waals surface area contributed by atoms with Gasteiger partial charge in [-0.15, -0.1) is 0 Å². The van der Waals surface area contributed by atoms with Crippen molar-refractivity contribution in [2.24, 2.45) is 5.92 Å². The highest BCUT2D eigenvalue weighted by Gasteiger charge is 2.48. The van der Waals surface area contributed by atoms with E-state index in [1.807, 2.05) is 12.1 Å². The van der Waals surface area contributed by atoms with Gasteiger partial charge in [-0.05, 0) is 72.7 Å². The number of phenolic OH excluding ortho intramolecular Hbond substituents is 1. The van der Waals surface area contributed by atoms with Gasteiger partial charge in [0, 0.05) is 39.6 Å². The Kier molecular flexibility index (Phi) is 4.89. The minimum Gasteiger partial charge on any atom is -0.508 e. The third-order valence-corrected chi connectivity index (χ3v) is 8.37. The van der Waals surface area contributed by atoms with Crippen LogP contribution in [0.25, 0.3) is 10.9 Å². The Morgan fingerprint density at radius 3 is 2.72 bits per heavy atom. The number of H-pyrrole nitrogens is 1. The van der Waals surface area contributed by atoms with E-state index in [2.05, 4.69) is 80.4 Å². The van der Waals surface area contributed by atoms with Gasteiger partial charge in [-0.25, -0.2) is 0 Å². The Morgan fingerprint density at radius 1 is 1.03 bits per heavy atom. The molecule has 2 aliphatic rings. The SMILES string of the molecule is Oc1cccc([C@@]23CCN(Cc4ccccc4)CC2Cc2c([nH]c4cccc(Br)c24)C3)c1. The molecule has 1 aromatic heterocycles. The molecule has 162 valence electrons. The molecule has 4 heteroatoms. The highest BCUT2D eigenvalue weighted by Crippen LogP contribution is 2.50. The molecular weight excluding hydrogens is 460 g/mol. The molecule has 0 radical (unpaired) electrons. The van der Waals surface area contributed by atoms with Crippen LogP contribution in [0.1, 0.15) is 28.8 Å². The molecule has 4 aromatic rings. The van der Waals surface area contributed by atoms with Crippen LogP contribution < -0.4 is 0 Å². The number of nitrogens with one attached hydrogen (secondary N) is 1. The second kappa shape index (κ2) is 7.79. The summed E-state index contributed by atoms with van der Waals surface area (Å²) in [6.45, 7) is 3.14. The van der Waals surface area contributed by atoms with Gasteiger partial charge in [0.25, 0.3) is 0 Å². The Labute approximate surface area is 197 Å². The van der Waals surface area contributed by atoms with Gasteiger partial charge in [-0.1, -0.05) is 64.5 Å². The van der Waals surface area contributed by atoms with Crippen molar-refractivity contribution in [1.29, 1.82) is 0 Å². The highest BCUT2D eigenvalue weighted by molar-refractivity contribution is 9.10. The molecule has 2 N–H and O–H groups in total. The number of nitrogens with zero attached hydrogens (tertiary/aromatic N) is 1. The van der Waals surface area contributed by atoms with Crippen LogP contribution in [0.3, 0.4) is 0 Å². The van der Waals surface area contributed by atoms with Crippen molar-refractivity contribution in [3.8, 4) is 5.75 Å². The maximum Gasteiger partial charge on any atom is 0.115 e. The number of fused-ring (bicyclic) bond motifs is 4. The second-order valence-corrected chi connectivity index (χ2v) is 10.4. The van der Waals surface area contributed by atoms with E-state index in [1.54, 1.807) is 6.07 Å². The van der Waals surface area contributed by atoms with Crippen LogP contribution in [0.15, 0.2) is 77.3 Å². The first-order valence-electron chi connectivity index (χ1n) is 11.5. The van der Waals surface area contributed by atoms with Crippen molar-refractivity contribution in [2.75, 3.05) is 13.1 Å². The van der Waals surface area contributed by atoms with Gasteiger partial charge in [0.15, 0.2) is 0 Å². The molecular formula is C28H27BrN2O. The lowest BCUT2D eigenvalue weighted by molar-refractivity contribution is 0.0765. The number of phenols is 1. The summed E-state index contributed by atoms with van der Waals surface area (Å²) in [5, 5.41) is 11.6. The summed E-state index contributed by atoms with van der Waals surface area (Å²) >= 11 is 3.80. The van der Waals surface area contributed by atoms with Gasteiger partial charge < -0.3 is 10.1 Å². The zero-order valence-electron chi connectivity index (χ0n) is 18.0. The van der Waals surface area contributed by atoms with Crippen LogP contribution in [0.4, 0.5) is 0 Å². The molecule has 3 aromatic carbocycles. The topological polar surface area (TPSA) is 39.3 Å². The fourth-order valence-electron chi connectivity index (χ4n) is 6.18. The summed E-state index contributed by atoms with van der Waals surface area (Å²) in [5.41, 5.74) is 6.76. The first-order valence-corrected chi connectivity index (χ1v) is 12.3. The molecule has 0 amide bonds. The van der Waals surface area contributed by atoms with E-state index in [4.69, 9.17) is 0 Å². The van der Waals surface area contributed by atoms with E-state index < -0.39 is 0 Å². The fourth-order valence-corrected chi connectivity index (χ4v) is 6.78. The van der Waals surface area contributed by atoms with Crippen molar-refractivity contribution in [2.45, 2.75) is 31.2 Å². The quantitative estimate of drug-likeness (QED) is 0.362. The van der Waals surface area contributed by atoms with Gasteiger partial charge in [0.2, 0.25) is 0 Å². The lowest BCUT2D eigenvalue weighted by Crippen LogP contribution is -2.53. The molecule has 2 atom stereocenters. The highest BCUT2D eigenvalue weighted by atomic mass is 79.9. The van der Waals surface area contributed by atoms with Crippen molar-refractivity contribution in [3.05, 3.63) is 99.7 Å². The van der Waals surface area contributed by atoms with Crippen molar-refractivity contribution in [3.63, 3.8) is 0 Å². The van der Waals surface area contributed by atoms with Crippen LogP contribution in [-0.4, -0.2) is 28.1 Å². The van der Waals surface area contributed by atoms with Gasteiger partial charge in [-0.3, -0.25) is 4.90 Å². The molecule has 1 saturated heterocycles. The standard InChI is InChI=1S/C28H27BrN2O/c29-24-10-5-11-25-27(24)23-15-21-18-31(17-19-6-2-1-3-7-19)13-12-28(21,16-26(23)30-25)20-8-4-9-22(32)14-20/h1-11,14,21,30,32H,12-13,15-18H2/t21?,28-/m0/s1. The van der Waals surface area contributed by atoms with Gasteiger partial charge in [0.05, 0.1) is 0 Å². The second-order valence-electron chi connectivity index (χ2n) is 9.50. The maximum absolute atomic E-state index is 10.3. The number of likely N-dealkylation sites (tertiary alicyclic amines) is 1. The molecule has 1 aliphatic heterocycles. The third kappa shape index (κ3) is 3.28. The van der Waals surface area contributed by atoms with Crippen LogP contribution in [-0.2, 0) is 24.8 Å². The Bertz CT molecular complexity index is 1280. The lowest BCUT2D eigenvalue weighted by Gasteiger charge is -2.51. The average Bonchev–Trinajstić information content (AvgIpc) is 3.16. The molecule has 0 saturated carbocycles. The average molecular weight is 487 g/mol. The fraction of sp³-hybridized carbons (Fsp3) is 0.286. The molecule has 6 rings (SSSR count). The predicted octanol–water partition coefficient (Wildman–Crippen LogP) is 6.19. The predicted molar refractivity (Wildman–Crippen MR) is 133 cm³/mol. The molecule has 1 unspecified atom stereocenters. The Balaban J connectivity index is 1.42. The number of halogens is 1. The third-order valence-electron chi connectivity index (χ3n) is 7.71. The zero-order chi connectivity index (χ0) is 21.7. The number of aromatic nitrogens is 1. The summed E-state index contributed by atoms with van der Waals surface area (Å²) in [4.78, 5) is 6.36. The van der Waals surface area contributed by atoms with E-state index in [-0.39, 0.29) is 5.41 Å².